The fourth-order valence-corrected chi connectivity index (χ4v) is 4.33. The Morgan fingerprint density at radius 1 is 0.774 bits per heavy atom. The van der Waals surface area contributed by atoms with Crippen LogP contribution in [0.25, 0.3) is 5.57 Å². The van der Waals surface area contributed by atoms with Gasteiger partial charge in [-0.05, 0) is 47.4 Å². The summed E-state index contributed by atoms with van der Waals surface area (Å²) in [6.07, 6.45) is 0.839. The highest BCUT2D eigenvalue weighted by Crippen LogP contribution is 2.37. The maximum atomic E-state index is 13.6. The summed E-state index contributed by atoms with van der Waals surface area (Å²) < 4.78 is 5.22. The summed E-state index contributed by atoms with van der Waals surface area (Å²) >= 11 is 0. The van der Waals surface area contributed by atoms with Gasteiger partial charge >= 0.3 is 0 Å². The third-order valence-corrected chi connectivity index (χ3v) is 5.90. The number of methoxy groups -OCH3 is 1. The molecule has 2 aliphatic heterocycles. The Bertz CT molecular complexity index is 1180. The van der Waals surface area contributed by atoms with E-state index in [1.807, 2.05) is 42.5 Å². The predicted molar refractivity (Wildman–Crippen MR) is 119 cm³/mol. The lowest BCUT2D eigenvalue weighted by Gasteiger charge is -2.31. The van der Waals surface area contributed by atoms with Gasteiger partial charge in [0.15, 0.2) is 0 Å². The quantitative estimate of drug-likeness (QED) is 0.609. The van der Waals surface area contributed by atoms with Crippen LogP contribution in [0.4, 0.5) is 5.69 Å². The summed E-state index contributed by atoms with van der Waals surface area (Å²) in [7, 11) is 1.59. The molecule has 0 spiro atoms. The van der Waals surface area contributed by atoms with Crippen molar-refractivity contribution in [2.24, 2.45) is 0 Å². The molecule has 0 aliphatic carbocycles. The predicted octanol–water partition coefficient (Wildman–Crippen LogP) is 4.04. The highest BCUT2D eigenvalue weighted by Gasteiger charge is 2.43. The Balaban J connectivity index is 1.59. The van der Waals surface area contributed by atoms with Gasteiger partial charge in [-0.2, -0.15) is 0 Å². The molecule has 2 aliphatic rings. The van der Waals surface area contributed by atoms with Crippen molar-refractivity contribution in [2.45, 2.75) is 13.0 Å². The Hall–Kier alpha value is -3.86. The van der Waals surface area contributed by atoms with E-state index in [4.69, 9.17) is 4.74 Å². The Labute approximate surface area is 181 Å². The van der Waals surface area contributed by atoms with Gasteiger partial charge in [-0.3, -0.25) is 9.59 Å². The standard InChI is InChI=1S/C26H22N2O3/c1-31-22-13-11-21(12-14-22)28-25(29)23(19-8-3-2-4-9-19)24(26(28)30)27-16-15-18-7-5-6-10-20(18)17-27/h2-14H,15-17H2,1H3. The number of nitrogens with zero attached hydrogens (tertiary/aromatic N) is 2. The number of fused-ring (bicyclic) bond motifs is 1. The molecule has 2 heterocycles. The van der Waals surface area contributed by atoms with Gasteiger partial charge in [0.25, 0.3) is 11.8 Å². The minimum absolute atomic E-state index is 0.284. The van der Waals surface area contributed by atoms with E-state index in [2.05, 4.69) is 17.0 Å². The topological polar surface area (TPSA) is 49.9 Å². The van der Waals surface area contributed by atoms with Crippen LogP contribution >= 0.6 is 0 Å². The van der Waals surface area contributed by atoms with E-state index in [-0.39, 0.29) is 11.8 Å². The van der Waals surface area contributed by atoms with E-state index >= 15 is 0 Å². The minimum atomic E-state index is -0.296. The third-order valence-electron chi connectivity index (χ3n) is 5.90. The fourth-order valence-electron chi connectivity index (χ4n) is 4.33. The third kappa shape index (κ3) is 3.28. The van der Waals surface area contributed by atoms with Crippen molar-refractivity contribution < 1.29 is 14.3 Å². The molecule has 2 amide bonds. The van der Waals surface area contributed by atoms with E-state index < -0.39 is 0 Å². The summed E-state index contributed by atoms with van der Waals surface area (Å²) in [5.74, 6) is 0.0931. The van der Waals surface area contributed by atoms with E-state index in [0.29, 0.717) is 35.8 Å². The molecular formula is C26H22N2O3. The molecule has 3 aromatic rings. The van der Waals surface area contributed by atoms with Crippen LogP contribution in [0, 0.1) is 0 Å². The molecule has 0 saturated carbocycles. The minimum Gasteiger partial charge on any atom is -0.497 e. The Morgan fingerprint density at radius 3 is 2.16 bits per heavy atom. The SMILES string of the molecule is COc1ccc(N2C(=O)C(c3ccccc3)=C(N3CCc4ccccc4C3)C2=O)cc1. The number of carbonyl (C=O) groups excluding carboxylic acids is 2. The number of anilines is 1. The number of imide groups is 1. The van der Waals surface area contributed by atoms with Gasteiger partial charge in [0, 0.05) is 13.1 Å². The van der Waals surface area contributed by atoms with Crippen LogP contribution in [-0.2, 0) is 22.6 Å². The number of hydrogen-bond donors (Lipinski definition) is 0. The molecule has 0 radical (unpaired) electrons. The lowest BCUT2D eigenvalue weighted by Crippen LogP contribution is -2.37. The van der Waals surface area contributed by atoms with E-state index in [1.165, 1.54) is 16.0 Å². The van der Waals surface area contributed by atoms with Crippen LogP contribution in [0.3, 0.4) is 0 Å². The molecule has 154 valence electrons. The van der Waals surface area contributed by atoms with Crippen LogP contribution in [0.2, 0.25) is 0 Å². The summed E-state index contributed by atoms with van der Waals surface area (Å²) in [5.41, 5.74) is 4.71. The number of carbonyl (C=O) groups is 2. The molecular weight excluding hydrogens is 388 g/mol. The first-order valence-corrected chi connectivity index (χ1v) is 10.3. The molecule has 0 aromatic heterocycles. The van der Waals surface area contributed by atoms with E-state index in [0.717, 1.165) is 12.0 Å². The molecule has 5 nitrogen and oxygen atoms in total. The average molecular weight is 410 g/mol. The molecule has 0 fully saturated rings. The first kappa shape index (κ1) is 19.1. The summed E-state index contributed by atoms with van der Waals surface area (Å²) in [6.45, 7) is 1.30. The van der Waals surface area contributed by atoms with Gasteiger partial charge in [0.2, 0.25) is 0 Å². The van der Waals surface area contributed by atoms with Crippen molar-refractivity contribution in [2.75, 3.05) is 18.6 Å². The molecule has 5 rings (SSSR count). The van der Waals surface area contributed by atoms with Crippen molar-refractivity contribution in [3.63, 3.8) is 0 Å². The van der Waals surface area contributed by atoms with Crippen molar-refractivity contribution in [1.29, 1.82) is 0 Å². The second-order valence-electron chi connectivity index (χ2n) is 7.67. The van der Waals surface area contributed by atoms with Gasteiger partial charge in [-0.25, -0.2) is 4.90 Å². The zero-order chi connectivity index (χ0) is 21.4. The molecule has 3 aromatic carbocycles. The molecule has 31 heavy (non-hydrogen) atoms. The van der Waals surface area contributed by atoms with E-state index in [1.54, 1.807) is 31.4 Å². The lowest BCUT2D eigenvalue weighted by molar-refractivity contribution is -0.120. The fraction of sp³-hybridized carbons (Fsp3) is 0.154. The van der Waals surface area contributed by atoms with Gasteiger partial charge in [-0.1, -0.05) is 54.6 Å². The van der Waals surface area contributed by atoms with Crippen LogP contribution < -0.4 is 9.64 Å². The second kappa shape index (κ2) is 7.76. The Morgan fingerprint density at radius 2 is 1.45 bits per heavy atom. The van der Waals surface area contributed by atoms with Crippen LogP contribution in [0.15, 0.2) is 84.6 Å². The van der Waals surface area contributed by atoms with Crippen LogP contribution in [-0.4, -0.2) is 30.4 Å². The van der Waals surface area contributed by atoms with Crippen molar-refractivity contribution in [1.82, 2.24) is 4.90 Å². The molecule has 0 saturated heterocycles. The zero-order valence-electron chi connectivity index (χ0n) is 17.2. The lowest BCUT2D eigenvalue weighted by atomic mass is 9.98. The maximum absolute atomic E-state index is 13.6. The smallest absolute Gasteiger partial charge is 0.282 e. The monoisotopic (exact) mass is 410 g/mol. The number of rotatable bonds is 4. The van der Waals surface area contributed by atoms with Crippen LogP contribution in [0.1, 0.15) is 16.7 Å². The highest BCUT2D eigenvalue weighted by atomic mass is 16.5. The second-order valence-corrected chi connectivity index (χ2v) is 7.67. The first-order valence-electron chi connectivity index (χ1n) is 10.3. The first-order chi connectivity index (χ1) is 15.2. The normalized spacial score (nSPS) is 16.0. The van der Waals surface area contributed by atoms with Gasteiger partial charge < -0.3 is 9.64 Å². The number of ether oxygens (including phenoxy) is 1. The molecule has 0 bridgehead atoms. The van der Waals surface area contributed by atoms with Crippen LogP contribution in [0.5, 0.6) is 5.75 Å². The van der Waals surface area contributed by atoms with Crippen molar-refractivity contribution in [3.8, 4) is 5.75 Å². The summed E-state index contributed by atoms with van der Waals surface area (Å²) in [5, 5.41) is 0. The van der Waals surface area contributed by atoms with E-state index in [9.17, 15) is 9.59 Å². The highest BCUT2D eigenvalue weighted by molar-refractivity contribution is 6.45. The average Bonchev–Trinajstić information content (AvgIpc) is 3.09. The Kier molecular flexibility index (Phi) is 4.79. The molecule has 0 N–H and O–H groups in total. The van der Waals surface area contributed by atoms with Gasteiger partial charge in [-0.15, -0.1) is 0 Å². The van der Waals surface area contributed by atoms with Crippen molar-refractivity contribution in [3.05, 3.63) is 101 Å². The molecule has 5 heteroatoms. The number of benzene rings is 3. The molecule has 0 unspecified atom stereocenters. The van der Waals surface area contributed by atoms with Gasteiger partial charge in [0.05, 0.1) is 18.4 Å². The largest absolute Gasteiger partial charge is 0.497 e. The van der Waals surface area contributed by atoms with Crippen molar-refractivity contribution >= 4 is 23.1 Å². The summed E-state index contributed by atoms with van der Waals surface area (Å²) in [6, 6.07) is 24.7. The zero-order valence-corrected chi connectivity index (χ0v) is 17.2. The molecule has 0 atom stereocenters. The number of amides is 2. The maximum Gasteiger partial charge on any atom is 0.282 e. The summed E-state index contributed by atoms with van der Waals surface area (Å²) in [4.78, 5) is 30.5. The number of hydrogen-bond acceptors (Lipinski definition) is 4. The van der Waals surface area contributed by atoms with Gasteiger partial charge in [0.1, 0.15) is 11.4 Å².